The van der Waals surface area contributed by atoms with Gasteiger partial charge in [-0.15, -0.1) is 0 Å². The minimum absolute atomic E-state index is 0. The summed E-state index contributed by atoms with van der Waals surface area (Å²) in [5.41, 5.74) is 1.82. The number of aliphatic hydroxyl groups is 1. The number of hydrogen-bond acceptors (Lipinski definition) is 1. The summed E-state index contributed by atoms with van der Waals surface area (Å²) in [6.45, 7) is 1.24. The van der Waals surface area contributed by atoms with Gasteiger partial charge in [0.1, 0.15) is 13.1 Å². The molecule has 25 heavy (non-hydrogen) atoms. The second-order valence-electron chi connectivity index (χ2n) is 5.88. The molecule has 0 fully saturated rings. The van der Waals surface area contributed by atoms with Crippen molar-refractivity contribution < 1.29 is 22.8 Å². The van der Waals surface area contributed by atoms with Crippen LogP contribution in [0.5, 0.6) is 0 Å². The van der Waals surface area contributed by atoms with E-state index in [0.29, 0.717) is 6.54 Å². The molecular formula is C21H21Cl2NO. The molecule has 130 valence electrons. The topological polar surface area (TPSA) is 36.8 Å². The minimum Gasteiger partial charge on any atom is -1.00 e. The van der Waals surface area contributed by atoms with Crippen LogP contribution >= 0.6 is 11.6 Å². The van der Waals surface area contributed by atoms with E-state index in [1.54, 1.807) is 0 Å². The van der Waals surface area contributed by atoms with Gasteiger partial charge in [0, 0.05) is 10.6 Å². The van der Waals surface area contributed by atoms with Crippen molar-refractivity contribution in [1.29, 1.82) is 0 Å². The van der Waals surface area contributed by atoms with Gasteiger partial charge in [0.25, 0.3) is 0 Å². The fourth-order valence-electron chi connectivity index (χ4n) is 2.93. The SMILES string of the molecule is OC(C[NH2+]Cc1ccccc1Cl)(c1ccccc1)c1ccccc1.[Cl-]. The number of hydrogen-bond donors (Lipinski definition) is 2. The normalized spacial score (nSPS) is 11.0. The van der Waals surface area contributed by atoms with Gasteiger partial charge in [-0.3, -0.25) is 0 Å². The van der Waals surface area contributed by atoms with Crippen LogP contribution in [0.25, 0.3) is 0 Å². The number of rotatable bonds is 6. The van der Waals surface area contributed by atoms with Gasteiger partial charge in [-0.05, 0) is 17.2 Å². The maximum atomic E-state index is 11.4. The molecular weight excluding hydrogens is 353 g/mol. The highest BCUT2D eigenvalue weighted by Gasteiger charge is 2.33. The number of nitrogens with two attached hydrogens (primary N) is 1. The number of halogens is 2. The van der Waals surface area contributed by atoms with Crippen LogP contribution in [0.3, 0.4) is 0 Å². The summed E-state index contributed by atoms with van der Waals surface area (Å²) >= 11 is 6.23. The summed E-state index contributed by atoms with van der Waals surface area (Å²) in [7, 11) is 0. The van der Waals surface area contributed by atoms with Crippen LogP contribution in [-0.4, -0.2) is 11.7 Å². The van der Waals surface area contributed by atoms with Gasteiger partial charge >= 0.3 is 0 Å². The minimum atomic E-state index is -1.04. The third-order valence-electron chi connectivity index (χ3n) is 4.26. The zero-order chi connectivity index (χ0) is 16.8. The van der Waals surface area contributed by atoms with E-state index >= 15 is 0 Å². The summed E-state index contributed by atoms with van der Waals surface area (Å²) in [6, 6.07) is 27.4. The fraction of sp³-hybridized carbons (Fsp3) is 0.143. The van der Waals surface area contributed by atoms with Crippen molar-refractivity contribution in [3.63, 3.8) is 0 Å². The lowest BCUT2D eigenvalue weighted by molar-refractivity contribution is -0.682. The average molecular weight is 374 g/mol. The first-order chi connectivity index (χ1) is 11.7. The molecule has 2 nitrogen and oxygen atoms in total. The molecule has 0 aromatic heterocycles. The summed E-state index contributed by atoms with van der Waals surface area (Å²) < 4.78 is 0. The first kappa shape index (κ1) is 19.5. The Labute approximate surface area is 159 Å². The molecule has 0 aliphatic carbocycles. The smallest absolute Gasteiger partial charge is 0.163 e. The molecule has 0 atom stereocenters. The van der Waals surface area contributed by atoms with Crippen LogP contribution in [-0.2, 0) is 12.1 Å². The fourth-order valence-corrected chi connectivity index (χ4v) is 3.14. The third-order valence-corrected chi connectivity index (χ3v) is 4.63. The van der Waals surface area contributed by atoms with Crippen molar-refractivity contribution in [2.24, 2.45) is 0 Å². The summed E-state index contributed by atoms with van der Waals surface area (Å²) in [5, 5.41) is 14.3. The average Bonchev–Trinajstić information content (AvgIpc) is 2.64. The Bertz CT molecular complexity index is 739. The molecule has 4 heteroatoms. The second-order valence-corrected chi connectivity index (χ2v) is 6.29. The lowest BCUT2D eigenvalue weighted by Gasteiger charge is -2.27. The number of benzene rings is 3. The van der Waals surface area contributed by atoms with Crippen LogP contribution in [0.1, 0.15) is 16.7 Å². The Kier molecular flexibility index (Phi) is 7.03. The molecule has 3 aromatic carbocycles. The summed E-state index contributed by atoms with van der Waals surface area (Å²) in [5.74, 6) is 0. The Morgan fingerprint density at radius 2 is 1.24 bits per heavy atom. The Morgan fingerprint density at radius 1 is 0.760 bits per heavy atom. The molecule has 3 N–H and O–H groups in total. The maximum absolute atomic E-state index is 11.4. The van der Waals surface area contributed by atoms with E-state index in [9.17, 15) is 5.11 Å². The van der Waals surface area contributed by atoms with Gasteiger partial charge < -0.3 is 22.8 Å². The second kappa shape index (κ2) is 9.02. The van der Waals surface area contributed by atoms with E-state index in [0.717, 1.165) is 28.3 Å². The van der Waals surface area contributed by atoms with Crippen LogP contribution in [0, 0.1) is 0 Å². The molecule has 0 amide bonds. The molecule has 0 heterocycles. The highest BCUT2D eigenvalue weighted by Crippen LogP contribution is 2.28. The van der Waals surface area contributed by atoms with Gasteiger partial charge in [-0.1, -0.05) is 90.5 Å². The van der Waals surface area contributed by atoms with Crippen LogP contribution in [0.4, 0.5) is 0 Å². The van der Waals surface area contributed by atoms with Crippen LogP contribution in [0.15, 0.2) is 84.9 Å². The zero-order valence-electron chi connectivity index (χ0n) is 13.8. The van der Waals surface area contributed by atoms with E-state index in [4.69, 9.17) is 11.6 Å². The highest BCUT2D eigenvalue weighted by atomic mass is 35.5. The molecule has 3 rings (SSSR count). The lowest BCUT2D eigenvalue weighted by atomic mass is 9.86. The Balaban J connectivity index is 0.00000225. The molecule has 0 saturated carbocycles. The molecule has 0 aliphatic rings. The summed E-state index contributed by atoms with van der Waals surface area (Å²) in [4.78, 5) is 0. The van der Waals surface area contributed by atoms with Crippen molar-refractivity contribution in [3.8, 4) is 0 Å². The Hall–Kier alpha value is -1.84. The van der Waals surface area contributed by atoms with Crippen LogP contribution < -0.4 is 17.7 Å². The van der Waals surface area contributed by atoms with Gasteiger partial charge in [0.2, 0.25) is 0 Å². The number of quaternary nitrogens is 1. The van der Waals surface area contributed by atoms with Crippen molar-refractivity contribution in [1.82, 2.24) is 0 Å². The van der Waals surface area contributed by atoms with Gasteiger partial charge in [0.05, 0.1) is 0 Å². The highest BCUT2D eigenvalue weighted by molar-refractivity contribution is 6.31. The first-order valence-corrected chi connectivity index (χ1v) is 8.46. The molecule has 0 spiro atoms. The monoisotopic (exact) mass is 373 g/mol. The van der Waals surface area contributed by atoms with Crippen LogP contribution in [0.2, 0.25) is 5.02 Å². The lowest BCUT2D eigenvalue weighted by Crippen LogP contribution is -3.00. The molecule has 0 radical (unpaired) electrons. The van der Waals surface area contributed by atoms with Crippen molar-refractivity contribution in [3.05, 3.63) is 107 Å². The van der Waals surface area contributed by atoms with E-state index in [2.05, 4.69) is 5.32 Å². The zero-order valence-corrected chi connectivity index (χ0v) is 15.3. The predicted octanol–water partition coefficient (Wildman–Crippen LogP) is 0.344. The molecule has 0 saturated heterocycles. The molecule has 3 aromatic rings. The largest absolute Gasteiger partial charge is 1.00 e. The van der Waals surface area contributed by atoms with Gasteiger partial charge in [-0.25, -0.2) is 0 Å². The standard InChI is InChI=1S/C21H20ClNO.ClH/c22-20-14-8-7-9-17(20)15-23-16-21(24,18-10-3-1-4-11-18)19-12-5-2-6-13-19;/h1-14,23-24H,15-16H2;1H. The molecule has 0 aliphatic heterocycles. The van der Waals surface area contributed by atoms with Gasteiger partial charge in [-0.2, -0.15) is 0 Å². The maximum Gasteiger partial charge on any atom is 0.163 e. The third kappa shape index (κ3) is 4.62. The van der Waals surface area contributed by atoms with E-state index in [-0.39, 0.29) is 12.4 Å². The summed E-state index contributed by atoms with van der Waals surface area (Å²) in [6.07, 6.45) is 0. The predicted molar refractivity (Wildman–Crippen MR) is 97.8 cm³/mol. The van der Waals surface area contributed by atoms with Crippen molar-refractivity contribution >= 4 is 11.6 Å². The van der Waals surface area contributed by atoms with Crippen molar-refractivity contribution in [2.45, 2.75) is 12.1 Å². The Morgan fingerprint density at radius 3 is 1.76 bits per heavy atom. The van der Waals surface area contributed by atoms with E-state index < -0.39 is 5.60 Å². The first-order valence-electron chi connectivity index (χ1n) is 8.08. The quantitative estimate of drug-likeness (QED) is 0.642. The van der Waals surface area contributed by atoms with Gasteiger partial charge in [0.15, 0.2) is 5.60 Å². The van der Waals surface area contributed by atoms with E-state index in [1.807, 2.05) is 84.9 Å². The van der Waals surface area contributed by atoms with Crippen molar-refractivity contribution in [2.75, 3.05) is 6.54 Å². The molecule has 0 unspecified atom stereocenters. The van der Waals surface area contributed by atoms with E-state index in [1.165, 1.54) is 0 Å². The molecule has 0 bridgehead atoms.